The smallest absolute Gasteiger partial charge is 0.203 e. The Bertz CT molecular complexity index is 377. The molecule has 0 aliphatic heterocycles. The van der Waals surface area contributed by atoms with Crippen molar-refractivity contribution in [2.45, 2.75) is 26.2 Å². The van der Waals surface area contributed by atoms with E-state index in [4.69, 9.17) is 19.9 Å². The topological polar surface area (TPSA) is 53.7 Å². The molecule has 17 heavy (non-hydrogen) atoms. The van der Waals surface area contributed by atoms with E-state index in [1.54, 1.807) is 27.4 Å². The molecule has 2 N–H and O–H groups in total. The second-order valence-corrected chi connectivity index (χ2v) is 3.82. The number of hydrogen-bond donors (Lipinski definition) is 1. The van der Waals surface area contributed by atoms with Crippen LogP contribution in [0.3, 0.4) is 0 Å². The maximum atomic E-state index is 6.02. The van der Waals surface area contributed by atoms with Crippen LogP contribution < -0.4 is 19.9 Å². The predicted octanol–water partition coefficient (Wildman–Crippen LogP) is 2.64. The van der Waals surface area contributed by atoms with Gasteiger partial charge in [0.1, 0.15) is 0 Å². The van der Waals surface area contributed by atoms with E-state index in [2.05, 4.69) is 6.92 Å². The quantitative estimate of drug-likeness (QED) is 0.775. The standard InChI is InChI=1S/C13H21NO3/c1-5-6-7-9-10(14)8-11(15-2)13(17-4)12(9)16-3/h8H,5-7,14H2,1-4H3. The van der Waals surface area contributed by atoms with Crippen LogP contribution in [-0.4, -0.2) is 21.3 Å². The van der Waals surface area contributed by atoms with Crippen molar-refractivity contribution in [2.75, 3.05) is 27.1 Å². The molecule has 1 aromatic rings. The summed E-state index contributed by atoms with van der Waals surface area (Å²) < 4.78 is 16.0. The van der Waals surface area contributed by atoms with Crippen molar-refractivity contribution in [3.63, 3.8) is 0 Å². The lowest BCUT2D eigenvalue weighted by molar-refractivity contribution is 0.322. The van der Waals surface area contributed by atoms with Crippen LogP contribution in [0.5, 0.6) is 17.2 Å². The van der Waals surface area contributed by atoms with Crippen molar-refractivity contribution < 1.29 is 14.2 Å². The molecule has 0 radical (unpaired) electrons. The molecule has 0 heterocycles. The number of nitrogen functional groups attached to an aromatic ring is 1. The zero-order chi connectivity index (χ0) is 12.8. The second-order valence-electron chi connectivity index (χ2n) is 3.82. The van der Waals surface area contributed by atoms with Crippen molar-refractivity contribution >= 4 is 5.69 Å². The normalized spacial score (nSPS) is 10.1. The number of hydrogen-bond acceptors (Lipinski definition) is 4. The van der Waals surface area contributed by atoms with E-state index in [-0.39, 0.29) is 0 Å². The van der Waals surface area contributed by atoms with Gasteiger partial charge in [-0.05, 0) is 12.8 Å². The fraction of sp³-hybridized carbons (Fsp3) is 0.538. The molecule has 0 aliphatic carbocycles. The average molecular weight is 239 g/mol. The predicted molar refractivity (Wildman–Crippen MR) is 69.1 cm³/mol. The number of nitrogens with two attached hydrogens (primary N) is 1. The number of rotatable bonds is 6. The van der Waals surface area contributed by atoms with Crippen LogP contribution in [-0.2, 0) is 6.42 Å². The fourth-order valence-electron chi connectivity index (χ4n) is 1.85. The van der Waals surface area contributed by atoms with E-state index in [1.165, 1.54) is 0 Å². The third kappa shape index (κ3) is 2.75. The first-order valence-electron chi connectivity index (χ1n) is 5.76. The van der Waals surface area contributed by atoms with Gasteiger partial charge in [0.2, 0.25) is 5.75 Å². The molecule has 0 unspecified atom stereocenters. The van der Waals surface area contributed by atoms with Gasteiger partial charge >= 0.3 is 0 Å². The summed E-state index contributed by atoms with van der Waals surface area (Å²) in [5.74, 6) is 1.88. The highest BCUT2D eigenvalue weighted by Gasteiger charge is 2.18. The molecule has 0 fully saturated rings. The summed E-state index contributed by atoms with van der Waals surface area (Å²) in [4.78, 5) is 0. The van der Waals surface area contributed by atoms with Crippen molar-refractivity contribution in [1.82, 2.24) is 0 Å². The molecule has 0 bridgehead atoms. The van der Waals surface area contributed by atoms with Gasteiger partial charge in [0.05, 0.1) is 21.3 Å². The molecule has 1 aromatic carbocycles. The van der Waals surface area contributed by atoms with E-state index in [0.29, 0.717) is 22.9 Å². The van der Waals surface area contributed by atoms with Gasteiger partial charge in [-0.15, -0.1) is 0 Å². The molecule has 96 valence electrons. The molecule has 4 nitrogen and oxygen atoms in total. The number of benzene rings is 1. The highest BCUT2D eigenvalue weighted by Crippen LogP contribution is 2.43. The zero-order valence-corrected chi connectivity index (χ0v) is 11.0. The molecular formula is C13H21NO3. The first-order valence-corrected chi connectivity index (χ1v) is 5.76. The van der Waals surface area contributed by atoms with Crippen LogP contribution in [0.4, 0.5) is 5.69 Å². The van der Waals surface area contributed by atoms with Crippen molar-refractivity contribution in [2.24, 2.45) is 0 Å². The third-order valence-electron chi connectivity index (χ3n) is 2.75. The number of anilines is 1. The molecule has 0 spiro atoms. The Balaban J connectivity index is 3.27. The van der Waals surface area contributed by atoms with Crippen molar-refractivity contribution in [1.29, 1.82) is 0 Å². The van der Waals surface area contributed by atoms with Gasteiger partial charge in [-0.1, -0.05) is 13.3 Å². The first-order chi connectivity index (χ1) is 8.19. The van der Waals surface area contributed by atoms with Gasteiger partial charge in [0.25, 0.3) is 0 Å². The number of methoxy groups -OCH3 is 3. The minimum Gasteiger partial charge on any atom is -0.493 e. The Morgan fingerprint density at radius 3 is 2.18 bits per heavy atom. The minimum absolute atomic E-state index is 0.599. The number of unbranched alkanes of at least 4 members (excludes halogenated alkanes) is 1. The van der Waals surface area contributed by atoms with Gasteiger partial charge in [0.15, 0.2) is 11.5 Å². The lowest BCUT2D eigenvalue weighted by atomic mass is 10.0. The second kappa shape index (κ2) is 6.23. The van der Waals surface area contributed by atoms with Gasteiger partial charge in [-0.2, -0.15) is 0 Å². The largest absolute Gasteiger partial charge is 0.493 e. The van der Waals surface area contributed by atoms with Gasteiger partial charge in [-0.3, -0.25) is 0 Å². The molecule has 0 saturated heterocycles. The summed E-state index contributed by atoms with van der Waals surface area (Å²) >= 11 is 0. The molecule has 1 rings (SSSR count). The Labute approximate surface area is 103 Å². The zero-order valence-electron chi connectivity index (χ0n) is 11.0. The van der Waals surface area contributed by atoms with E-state index < -0.39 is 0 Å². The Morgan fingerprint density at radius 2 is 1.71 bits per heavy atom. The lowest BCUT2D eigenvalue weighted by Gasteiger charge is -2.17. The van der Waals surface area contributed by atoms with Gasteiger partial charge < -0.3 is 19.9 Å². The van der Waals surface area contributed by atoms with Crippen molar-refractivity contribution in [3.8, 4) is 17.2 Å². The van der Waals surface area contributed by atoms with E-state index in [9.17, 15) is 0 Å². The Morgan fingerprint density at radius 1 is 1.06 bits per heavy atom. The minimum atomic E-state index is 0.599. The molecule has 0 saturated carbocycles. The monoisotopic (exact) mass is 239 g/mol. The summed E-state index contributed by atoms with van der Waals surface area (Å²) in [5.41, 5.74) is 7.70. The van der Waals surface area contributed by atoms with Crippen LogP contribution in [0.1, 0.15) is 25.3 Å². The molecule has 0 aliphatic rings. The maximum Gasteiger partial charge on any atom is 0.203 e. The molecule has 4 heteroatoms. The molecule has 0 amide bonds. The SMILES string of the molecule is CCCCc1c(N)cc(OC)c(OC)c1OC. The van der Waals surface area contributed by atoms with E-state index in [0.717, 1.165) is 24.8 Å². The van der Waals surface area contributed by atoms with Crippen LogP contribution in [0.25, 0.3) is 0 Å². The summed E-state index contributed by atoms with van der Waals surface area (Å²) in [6, 6.07) is 1.78. The summed E-state index contributed by atoms with van der Waals surface area (Å²) in [5, 5.41) is 0. The third-order valence-corrected chi connectivity index (χ3v) is 2.75. The van der Waals surface area contributed by atoms with Crippen LogP contribution in [0.15, 0.2) is 6.07 Å². The lowest BCUT2D eigenvalue weighted by Crippen LogP contribution is -2.03. The summed E-state index contributed by atoms with van der Waals surface area (Å²) in [6.07, 6.45) is 3.05. The van der Waals surface area contributed by atoms with Crippen LogP contribution >= 0.6 is 0 Å². The Kier molecular flexibility index (Phi) is 4.94. The van der Waals surface area contributed by atoms with Gasteiger partial charge in [0, 0.05) is 17.3 Å². The Hall–Kier alpha value is -1.58. The highest BCUT2D eigenvalue weighted by molar-refractivity contribution is 5.67. The maximum absolute atomic E-state index is 6.02. The van der Waals surface area contributed by atoms with Crippen molar-refractivity contribution in [3.05, 3.63) is 11.6 Å². The summed E-state index contributed by atoms with van der Waals surface area (Å²) in [7, 11) is 4.80. The van der Waals surface area contributed by atoms with Crippen LogP contribution in [0, 0.1) is 0 Å². The molecule has 0 atom stereocenters. The van der Waals surface area contributed by atoms with E-state index in [1.807, 2.05) is 0 Å². The highest BCUT2D eigenvalue weighted by atomic mass is 16.5. The molecular weight excluding hydrogens is 218 g/mol. The molecule has 0 aromatic heterocycles. The van der Waals surface area contributed by atoms with E-state index >= 15 is 0 Å². The average Bonchev–Trinajstić information content (AvgIpc) is 2.35. The fourth-order valence-corrected chi connectivity index (χ4v) is 1.85. The van der Waals surface area contributed by atoms with Gasteiger partial charge in [-0.25, -0.2) is 0 Å². The van der Waals surface area contributed by atoms with Crippen LogP contribution in [0.2, 0.25) is 0 Å². The summed E-state index contributed by atoms with van der Waals surface area (Å²) in [6.45, 7) is 2.14. The first kappa shape index (κ1) is 13.5. The number of ether oxygens (including phenoxy) is 3.